The molecular weight excluding hydrogens is 144 g/mol. The molecule has 68 valence electrons. The predicted molar refractivity (Wildman–Crippen MR) is 55.2 cm³/mol. The molecule has 0 nitrogen and oxygen atoms in total. The first kappa shape index (κ1) is 9.57. The van der Waals surface area contributed by atoms with E-state index in [-0.39, 0.29) is 0 Å². The summed E-state index contributed by atoms with van der Waals surface area (Å²) in [7, 11) is 0. The van der Waals surface area contributed by atoms with Gasteiger partial charge >= 0.3 is 0 Å². The average molecular weight is 164 g/mol. The summed E-state index contributed by atoms with van der Waals surface area (Å²) in [4.78, 5) is 0. The van der Waals surface area contributed by atoms with Crippen LogP contribution in [0.2, 0.25) is 0 Å². The van der Waals surface area contributed by atoms with Crippen LogP contribution in [0, 0.1) is 0 Å². The fourth-order valence-electron chi connectivity index (χ4n) is 1.58. The van der Waals surface area contributed by atoms with Gasteiger partial charge in [0.25, 0.3) is 0 Å². The van der Waals surface area contributed by atoms with Gasteiger partial charge in [0, 0.05) is 0 Å². The highest BCUT2D eigenvalue weighted by molar-refractivity contribution is 5.02. The molecule has 0 heteroatoms. The highest BCUT2D eigenvalue weighted by Gasteiger charge is 1.90. The Morgan fingerprint density at radius 3 is 1.42 bits per heavy atom. The standard InChI is InChI=1S/C12H20/c1-2-4-6-8-10-12-11-9-7-5-3-1/h1-4H,5-12H2/b3-1+,4-2?. The van der Waals surface area contributed by atoms with Gasteiger partial charge in [-0.05, 0) is 25.7 Å². The molecule has 1 aliphatic carbocycles. The zero-order chi connectivity index (χ0) is 8.49. The minimum atomic E-state index is 1.27. The van der Waals surface area contributed by atoms with Gasteiger partial charge in [-0.2, -0.15) is 0 Å². The van der Waals surface area contributed by atoms with E-state index in [1.165, 1.54) is 51.4 Å². The third-order valence-electron chi connectivity index (χ3n) is 2.37. The maximum atomic E-state index is 2.29. The number of hydrogen-bond acceptors (Lipinski definition) is 0. The van der Waals surface area contributed by atoms with Gasteiger partial charge in [0.1, 0.15) is 0 Å². The Morgan fingerprint density at radius 1 is 0.500 bits per heavy atom. The van der Waals surface area contributed by atoms with Gasteiger partial charge in [-0.15, -0.1) is 0 Å². The van der Waals surface area contributed by atoms with Crippen molar-refractivity contribution in [1.82, 2.24) is 0 Å². The van der Waals surface area contributed by atoms with Crippen LogP contribution in [-0.2, 0) is 0 Å². The van der Waals surface area contributed by atoms with E-state index in [0.717, 1.165) is 0 Å². The molecule has 0 aromatic heterocycles. The van der Waals surface area contributed by atoms with Gasteiger partial charge in [0.05, 0.1) is 0 Å². The van der Waals surface area contributed by atoms with Gasteiger partial charge in [-0.25, -0.2) is 0 Å². The molecule has 0 bridgehead atoms. The summed E-state index contributed by atoms with van der Waals surface area (Å²) in [6.07, 6.45) is 20.0. The molecule has 0 amide bonds. The number of hydrogen-bond donors (Lipinski definition) is 0. The lowest BCUT2D eigenvalue weighted by molar-refractivity contribution is 0.599. The summed E-state index contributed by atoms with van der Waals surface area (Å²) in [6.45, 7) is 0. The van der Waals surface area contributed by atoms with Crippen LogP contribution < -0.4 is 0 Å². The summed E-state index contributed by atoms with van der Waals surface area (Å²) in [5.74, 6) is 0. The van der Waals surface area contributed by atoms with Crippen molar-refractivity contribution in [2.24, 2.45) is 0 Å². The lowest BCUT2D eigenvalue weighted by Gasteiger charge is -1.99. The Morgan fingerprint density at radius 2 is 0.917 bits per heavy atom. The molecule has 0 aliphatic heterocycles. The molecule has 0 saturated carbocycles. The SMILES string of the molecule is C1=CCCCCCCCC/C=C/1. The molecule has 0 N–H and O–H groups in total. The average Bonchev–Trinajstić information content (AvgIpc) is 2.05. The van der Waals surface area contributed by atoms with Gasteiger partial charge in [-0.1, -0.05) is 50.0 Å². The summed E-state index contributed by atoms with van der Waals surface area (Å²) in [5, 5.41) is 0. The lowest BCUT2D eigenvalue weighted by atomic mass is 10.1. The quantitative estimate of drug-likeness (QED) is 0.502. The maximum Gasteiger partial charge on any atom is -0.0348 e. The molecule has 1 aliphatic rings. The fraction of sp³-hybridized carbons (Fsp3) is 0.667. The Labute approximate surface area is 76.4 Å². The molecule has 0 aromatic carbocycles. The van der Waals surface area contributed by atoms with Gasteiger partial charge in [0.2, 0.25) is 0 Å². The molecule has 0 heterocycles. The zero-order valence-corrected chi connectivity index (χ0v) is 7.97. The van der Waals surface area contributed by atoms with Crippen molar-refractivity contribution in [3.63, 3.8) is 0 Å². The summed E-state index contributed by atoms with van der Waals surface area (Å²) >= 11 is 0. The van der Waals surface area contributed by atoms with Crippen LogP contribution in [0.4, 0.5) is 0 Å². The van der Waals surface area contributed by atoms with E-state index in [4.69, 9.17) is 0 Å². The van der Waals surface area contributed by atoms with Crippen molar-refractivity contribution in [2.45, 2.75) is 51.4 Å². The zero-order valence-electron chi connectivity index (χ0n) is 7.97. The summed E-state index contributed by atoms with van der Waals surface area (Å²) < 4.78 is 0. The van der Waals surface area contributed by atoms with E-state index in [2.05, 4.69) is 24.3 Å². The van der Waals surface area contributed by atoms with Crippen LogP contribution in [0.1, 0.15) is 51.4 Å². The molecular formula is C12H20. The van der Waals surface area contributed by atoms with Crippen molar-refractivity contribution in [3.8, 4) is 0 Å². The minimum absolute atomic E-state index is 1.27. The first-order valence-corrected chi connectivity index (χ1v) is 5.32. The molecule has 0 saturated heterocycles. The molecule has 12 heavy (non-hydrogen) atoms. The number of rotatable bonds is 0. The Kier molecular flexibility index (Phi) is 5.70. The van der Waals surface area contributed by atoms with Crippen molar-refractivity contribution in [1.29, 1.82) is 0 Å². The van der Waals surface area contributed by atoms with Crippen LogP contribution in [0.3, 0.4) is 0 Å². The monoisotopic (exact) mass is 164 g/mol. The van der Waals surface area contributed by atoms with Gasteiger partial charge in [-0.3, -0.25) is 0 Å². The Balaban J connectivity index is 2.21. The highest BCUT2D eigenvalue weighted by Crippen LogP contribution is 2.10. The third kappa shape index (κ3) is 5.17. The first-order valence-electron chi connectivity index (χ1n) is 5.32. The third-order valence-corrected chi connectivity index (χ3v) is 2.37. The van der Waals surface area contributed by atoms with Gasteiger partial charge < -0.3 is 0 Å². The smallest absolute Gasteiger partial charge is 0.0348 e. The second kappa shape index (κ2) is 7.15. The molecule has 0 radical (unpaired) electrons. The van der Waals surface area contributed by atoms with Crippen LogP contribution >= 0.6 is 0 Å². The van der Waals surface area contributed by atoms with E-state index >= 15 is 0 Å². The lowest BCUT2D eigenvalue weighted by Crippen LogP contribution is -1.80. The summed E-state index contributed by atoms with van der Waals surface area (Å²) in [5.41, 5.74) is 0. The van der Waals surface area contributed by atoms with Crippen LogP contribution in [0.5, 0.6) is 0 Å². The van der Waals surface area contributed by atoms with Crippen LogP contribution in [0.25, 0.3) is 0 Å². The topological polar surface area (TPSA) is 0 Å². The van der Waals surface area contributed by atoms with Crippen molar-refractivity contribution in [2.75, 3.05) is 0 Å². The van der Waals surface area contributed by atoms with Crippen LogP contribution in [-0.4, -0.2) is 0 Å². The van der Waals surface area contributed by atoms with E-state index in [1.807, 2.05) is 0 Å². The Hall–Kier alpha value is -0.520. The maximum absolute atomic E-state index is 2.29. The minimum Gasteiger partial charge on any atom is -0.0845 e. The fourth-order valence-corrected chi connectivity index (χ4v) is 1.58. The van der Waals surface area contributed by atoms with Crippen molar-refractivity contribution in [3.05, 3.63) is 24.3 Å². The van der Waals surface area contributed by atoms with Crippen molar-refractivity contribution >= 4 is 0 Å². The molecule has 0 atom stereocenters. The molecule has 0 spiro atoms. The number of allylic oxidation sites excluding steroid dienone is 4. The molecule has 0 aromatic rings. The van der Waals surface area contributed by atoms with E-state index < -0.39 is 0 Å². The van der Waals surface area contributed by atoms with Gasteiger partial charge in [0.15, 0.2) is 0 Å². The largest absolute Gasteiger partial charge is 0.0845 e. The molecule has 1 rings (SSSR count). The second-order valence-electron chi connectivity index (χ2n) is 3.55. The Bertz CT molecular complexity index is 124. The highest BCUT2D eigenvalue weighted by atomic mass is 14.0. The first-order chi connectivity index (χ1) is 6.00. The van der Waals surface area contributed by atoms with E-state index in [9.17, 15) is 0 Å². The van der Waals surface area contributed by atoms with E-state index in [1.54, 1.807) is 0 Å². The predicted octanol–water partition coefficient (Wildman–Crippen LogP) is 4.23. The second-order valence-corrected chi connectivity index (χ2v) is 3.55. The normalized spacial score (nSPS) is 24.0. The van der Waals surface area contributed by atoms with Crippen LogP contribution in [0.15, 0.2) is 24.3 Å². The molecule has 0 unspecified atom stereocenters. The summed E-state index contributed by atoms with van der Waals surface area (Å²) in [6, 6.07) is 0. The van der Waals surface area contributed by atoms with Crippen molar-refractivity contribution < 1.29 is 0 Å². The molecule has 0 fully saturated rings. The van der Waals surface area contributed by atoms with E-state index in [0.29, 0.717) is 0 Å².